The molecule has 0 saturated carbocycles. The lowest BCUT2D eigenvalue weighted by atomic mass is 10.1. The second kappa shape index (κ2) is 5.69. The number of nitrogens with zero attached hydrogens (tertiary/aromatic N) is 1. The van der Waals surface area contributed by atoms with Crippen LogP contribution >= 0.6 is 0 Å². The summed E-state index contributed by atoms with van der Waals surface area (Å²) in [5.74, 6) is -1.40. The van der Waals surface area contributed by atoms with Crippen LogP contribution in [0.2, 0.25) is 0 Å². The van der Waals surface area contributed by atoms with Crippen LogP contribution in [0.5, 0.6) is 11.6 Å². The van der Waals surface area contributed by atoms with Crippen LogP contribution in [0.25, 0.3) is 0 Å². The molecule has 0 fully saturated rings. The fraction of sp³-hybridized carbons (Fsp3) is 0.214. The Morgan fingerprint density at radius 1 is 1.24 bits per heavy atom. The number of nitrogens with two attached hydrogens (primary N) is 1. The summed E-state index contributed by atoms with van der Waals surface area (Å²) in [6.45, 7) is 1.91. The highest BCUT2D eigenvalue weighted by Gasteiger charge is 2.34. The van der Waals surface area contributed by atoms with E-state index in [-0.39, 0.29) is 18.2 Å². The highest BCUT2D eigenvalue weighted by atomic mass is 19.4. The maximum atomic E-state index is 13.2. The molecule has 0 atom stereocenters. The number of pyridine rings is 1. The molecule has 1 aromatic carbocycles. The predicted molar refractivity (Wildman–Crippen MR) is 68.3 cm³/mol. The van der Waals surface area contributed by atoms with E-state index in [4.69, 9.17) is 10.5 Å². The van der Waals surface area contributed by atoms with Crippen molar-refractivity contribution >= 4 is 0 Å². The van der Waals surface area contributed by atoms with Crippen molar-refractivity contribution in [1.29, 1.82) is 0 Å². The third-order valence-corrected chi connectivity index (χ3v) is 2.91. The van der Waals surface area contributed by atoms with Gasteiger partial charge in [-0.15, -0.1) is 0 Å². The van der Waals surface area contributed by atoms with Gasteiger partial charge < -0.3 is 10.5 Å². The molecular formula is C14H12F4N2O. The number of ether oxygens (including phenoxy) is 1. The molecule has 0 radical (unpaired) electrons. The Kier molecular flexibility index (Phi) is 4.13. The van der Waals surface area contributed by atoms with Crippen molar-refractivity contribution in [3.63, 3.8) is 0 Å². The fourth-order valence-electron chi connectivity index (χ4n) is 1.80. The van der Waals surface area contributed by atoms with Crippen LogP contribution in [0.3, 0.4) is 0 Å². The van der Waals surface area contributed by atoms with Gasteiger partial charge in [0.05, 0.1) is 5.56 Å². The first-order valence-corrected chi connectivity index (χ1v) is 6.02. The van der Waals surface area contributed by atoms with E-state index < -0.39 is 17.6 Å². The summed E-state index contributed by atoms with van der Waals surface area (Å²) in [6, 6.07) is 4.12. The molecule has 0 saturated heterocycles. The number of aryl methyl sites for hydroxylation is 1. The van der Waals surface area contributed by atoms with Crippen molar-refractivity contribution in [3.8, 4) is 11.6 Å². The van der Waals surface area contributed by atoms with E-state index in [1.54, 1.807) is 13.0 Å². The summed E-state index contributed by atoms with van der Waals surface area (Å²) in [4.78, 5) is 3.94. The number of rotatable bonds is 3. The van der Waals surface area contributed by atoms with Crippen LogP contribution in [-0.2, 0) is 12.7 Å². The molecule has 0 spiro atoms. The molecule has 1 heterocycles. The van der Waals surface area contributed by atoms with Gasteiger partial charge in [-0.1, -0.05) is 0 Å². The Labute approximate surface area is 118 Å². The summed E-state index contributed by atoms with van der Waals surface area (Å²) < 4.78 is 56.5. The van der Waals surface area contributed by atoms with Gasteiger partial charge in [-0.25, -0.2) is 9.37 Å². The van der Waals surface area contributed by atoms with Crippen molar-refractivity contribution in [2.24, 2.45) is 5.73 Å². The number of halogens is 4. The summed E-state index contributed by atoms with van der Waals surface area (Å²) >= 11 is 0. The van der Waals surface area contributed by atoms with E-state index in [1.807, 2.05) is 0 Å². The zero-order valence-corrected chi connectivity index (χ0v) is 11.0. The molecule has 2 rings (SSSR count). The molecule has 2 N–H and O–H groups in total. The van der Waals surface area contributed by atoms with Crippen LogP contribution in [-0.4, -0.2) is 4.98 Å². The molecular weight excluding hydrogens is 288 g/mol. The van der Waals surface area contributed by atoms with Crippen molar-refractivity contribution in [2.75, 3.05) is 0 Å². The molecule has 7 heteroatoms. The normalized spacial score (nSPS) is 11.5. The molecule has 1 aromatic heterocycles. The minimum Gasteiger partial charge on any atom is -0.439 e. The first-order valence-electron chi connectivity index (χ1n) is 6.02. The highest BCUT2D eigenvalue weighted by Crippen LogP contribution is 2.35. The van der Waals surface area contributed by atoms with E-state index >= 15 is 0 Å². The number of hydrogen-bond donors (Lipinski definition) is 1. The maximum Gasteiger partial charge on any atom is 0.419 e. The summed E-state index contributed by atoms with van der Waals surface area (Å²) in [5, 5.41) is 0. The largest absolute Gasteiger partial charge is 0.439 e. The summed E-state index contributed by atoms with van der Waals surface area (Å²) in [5.41, 5.74) is 5.57. The average Bonchev–Trinajstić information content (AvgIpc) is 2.40. The van der Waals surface area contributed by atoms with E-state index in [1.165, 1.54) is 6.20 Å². The zero-order chi connectivity index (χ0) is 15.6. The van der Waals surface area contributed by atoms with E-state index in [0.717, 1.165) is 11.6 Å². The molecule has 0 aliphatic rings. The lowest BCUT2D eigenvalue weighted by Crippen LogP contribution is -2.08. The molecule has 0 amide bonds. The SMILES string of the molecule is Cc1ccnc(Oc2ccc(F)c(C(F)(F)F)c2)c1CN. The number of aromatic nitrogens is 1. The van der Waals surface area contributed by atoms with Gasteiger partial charge in [-0.2, -0.15) is 13.2 Å². The van der Waals surface area contributed by atoms with Crippen molar-refractivity contribution in [1.82, 2.24) is 4.98 Å². The summed E-state index contributed by atoms with van der Waals surface area (Å²) in [7, 11) is 0. The van der Waals surface area contributed by atoms with E-state index in [0.29, 0.717) is 17.7 Å². The Hall–Kier alpha value is -2.15. The standard InChI is InChI=1S/C14H12F4N2O/c1-8-4-5-20-13(10(8)7-19)21-9-2-3-12(15)11(6-9)14(16,17)18/h2-6H,7,19H2,1H3. The van der Waals surface area contributed by atoms with Crippen molar-refractivity contribution in [3.05, 3.63) is 53.0 Å². The van der Waals surface area contributed by atoms with Gasteiger partial charge >= 0.3 is 6.18 Å². The fourth-order valence-corrected chi connectivity index (χ4v) is 1.80. The van der Waals surface area contributed by atoms with Gasteiger partial charge in [-0.05, 0) is 36.8 Å². The maximum absolute atomic E-state index is 13.2. The molecule has 2 aromatic rings. The molecule has 0 unspecified atom stereocenters. The molecule has 0 bridgehead atoms. The monoisotopic (exact) mass is 300 g/mol. The Morgan fingerprint density at radius 2 is 1.95 bits per heavy atom. The van der Waals surface area contributed by atoms with Gasteiger partial charge in [0, 0.05) is 18.3 Å². The van der Waals surface area contributed by atoms with Crippen LogP contribution in [0.15, 0.2) is 30.5 Å². The Bertz CT molecular complexity index is 656. The first kappa shape index (κ1) is 15.2. The minimum atomic E-state index is -4.79. The van der Waals surface area contributed by atoms with E-state index in [2.05, 4.69) is 4.98 Å². The van der Waals surface area contributed by atoms with Gasteiger partial charge in [-0.3, -0.25) is 0 Å². The second-order valence-electron chi connectivity index (χ2n) is 4.36. The van der Waals surface area contributed by atoms with Crippen LogP contribution < -0.4 is 10.5 Å². The van der Waals surface area contributed by atoms with Crippen molar-refractivity contribution < 1.29 is 22.3 Å². The number of hydrogen-bond acceptors (Lipinski definition) is 3. The number of benzene rings is 1. The van der Waals surface area contributed by atoms with Crippen LogP contribution in [0, 0.1) is 12.7 Å². The lowest BCUT2D eigenvalue weighted by Gasteiger charge is -2.13. The predicted octanol–water partition coefficient (Wildman–Crippen LogP) is 3.80. The quantitative estimate of drug-likeness (QED) is 0.877. The molecule has 112 valence electrons. The zero-order valence-electron chi connectivity index (χ0n) is 11.0. The first-order chi connectivity index (χ1) is 9.82. The van der Waals surface area contributed by atoms with Gasteiger partial charge in [0.1, 0.15) is 11.6 Å². The molecule has 0 aliphatic carbocycles. The van der Waals surface area contributed by atoms with Crippen molar-refractivity contribution in [2.45, 2.75) is 19.6 Å². The Balaban J connectivity index is 2.39. The topological polar surface area (TPSA) is 48.1 Å². The van der Waals surface area contributed by atoms with E-state index in [9.17, 15) is 17.6 Å². The molecule has 0 aliphatic heterocycles. The van der Waals surface area contributed by atoms with Gasteiger partial charge in [0.15, 0.2) is 0 Å². The average molecular weight is 300 g/mol. The highest BCUT2D eigenvalue weighted by molar-refractivity contribution is 5.39. The third-order valence-electron chi connectivity index (χ3n) is 2.91. The summed E-state index contributed by atoms with van der Waals surface area (Å²) in [6.07, 6.45) is -3.34. The van der Waals surface area contributed by atoms with Gasteiger partial charge in [0.2, 0.25) is 5.88 Å². The third kappa shape index (κ3) is 3.30. The second-order valence-corrected chi connectivity index (χ2v) is 4.36. The molecule has 21 heavy (non-hydrogen) atoms. The lowest BCUT2D eigenvalue weighted by molar-refractivity contribution is -0.140. The van der Waals surface area contributed by atoms with Crippen LogP contribution in [0.1, 0.15) is 16.7 Å². The molecule has 3 nitrogen and oxygen atoms in total. The minimum absolute atomic E-state index is 0.109. The van der Waals surface area contributed by atoms with Crippen LogP contribution in [0.4, 0.5) is 17.6 Å². The smallest absolute Gasteiger partial charge is 0.419 e. The number of alkyl halides is 3. The van der Waals surface area contributed by atoms with Gasteiger partial charge in [0.25, 0.3) is 0 Å². The Morgan fingerprint density at radius 3 is 2.57 bits per heavy atom.